The van der Waals surface area contributed by atoms with Gasteiger partial charge in [-0.25, -0.2) is 9.78 Å². The number of phenols is 1. The van der Waals surface area contributed by atoms with Crippen molar-refractivity contribution in [1.29, 1.82) is 0 Å². The van der Waals surface area contributed by atoms with Gasteiger partial charge in [0.2, 0.25) is 5.91 Å². The number of hydrogen-bond acceptors (Lipinski definition) is 6. The average Bonchev–Trinajstić information content (AvgIpc) is 3.75. The number of aromatic hydroxyl groups is 1. The maximum Gasteiger partial charge on any atom is 0.407 e. The number of carbonyl (C=O) groups is 2. The number of benzene rings is 2. The molecule has 43 heavy (non-hydrogen) atoms. The Morgan fingerprint density at radius 3 is 2.67 bits per heavy atom. The molecule has 0 unspecified atom stereocenters. The van der Waals surface area contributed by atoms with E-state index in [0.717, 1.165) is 29.7 Å². The molecule has 222 valence electrons. The maximum absolute atomic E-state index is 13.4. The molecule has 0 spiro atoms. The Balaban J connectivity index is 1.32. The van der Waals surface area contributed by atoms with Crippen LogP contribution in [0.1, 0.15) is 49.6 Å². The number of methoxy groups -OCH3 is 1. The van der Waals surface area contributed by atoms with E-state index in [2.05, 4.69) is 32.2 Å². The van der Waals surface area contributed by atoms with Gasteiger partial charge >= 0.3 is 6.09 Å². The van der Waals surface area contributed by atoms with E-state index in [1.54, 1.807) is 36.3 Å². The summed E-state index contributed by atoms with van der Waals surface area (Å²) in [7, 11) is 3.08. The van der Waals surface area contributed by atoms with Crippen molar-refractivity contribution >= 4 is 23.6 Å². The molecular formula is C32H33ClN6O4. The minimum Gasteiger partial charge on any atom is -0.507 e. The highest BCUT2D eigenvalue weighted by atomic mass is 35.5. The molecule has 2 aromatic carbocycles. The van der Waals surface area contributed by atoms with E-state index in [1.165, 1.54) is 13.2 Å². The molecule has 3 N–H and O–H groups in total. The van der Waals surface area contributed by atoms with E-state index in [0.29, 0.717) is 34.2 Å². The molecule has 2 aromatic heterocycles. The van der Waals surface area contributed by atoms with Crippen LogP contribution in [0.25, 0.3) is 22.6 Å². The first-order chi connectivity index (χ1) is 20.6. The summed E-state index contributed by atoms with van der Waals surface area (Å²) in [5.41, 5.74) is 4.26. The minimum absolute atomic E-state index is 0.0796. The van der Waals surface area contributed by atoms with E-state index < -0.39 is 12.1 Å². The minimum atomic E-state index is -0.678. The van der Waals surface area contributed by atoms with Crippen molar-refractivity contribution in [3.63, 3.8) is 0 Å². The number of imidazole rings is 1. The Hall–Kier alpha value is -4.75. The maximum atomic E-state index is 13.4. The van der Waals surface area contributed by atoms with Gasteiger partial charge in [-0.15, -0.1) is 0 Å². The lowest BCUT2D eigenvalue weighted by molar-refractivity contribution is -0.135. The number of carbonyl (C=O) groups excluding carboxylic acids is 2. The first kappa shape index (κ1) is 29.7. The smallest absolute Gasteiger partial charge is 0.407 e. The summed E-state index contributed by atoms with van der Waals surface area (Å²) in [5.74, 6) is 6.87. The van der Waals surface area contributed by atoms with Crippen molar-refractivity contribution in [2.24, 2.45) is 13.0 Å². The van der Waals surface area contributed by atoms with Crippen LogP contribution in [0.2, 0.25) is 5.02 Å². The summed E-state index contributed by atoms with van der Waals surface area (Å²) >= 11 is 6.14. The second-order valence-electron chi connectivity index (χ2n) is 10.8. The topological polar surface area (TPSA) is 125 Å². The Bertz CT molecular complexity index is 1700. The summed E-state index contributed by atoms with van der Waals surface area (Å²) in [6.45, 7) is 4.39. The highest BCUT2D eigenvalue weighted by Gasteiger charge is 2.37. The number of ether oxygens (including phenoxy) is 1. The third kappa shape index (κ3) is 6.52. The molecule has 4 aromatic rings. The predicted octanol–water partition coefficient (Wildman–Crippen LogP) is 5.28. The van der Waals surface area contributed by atoms with Crippen LogP contribution in [0.15, 0.2) is 54.9 Å². The van der Waals surface area contributed by atoms with Crippen LogP contribution in [0.4, 0.5) is 4.79 Å². The summed E-state index contributed by atoms with van der Waals surface area (Å²) in [6.07, 6.45) is 4.60. The van der Waals surface area contributed by atoms with Gasteiger partial charge in [0, 0.05) is 41.5 Å². The molecule has 0 aliphatic carbocycles. The number of halogens is 1. The van der Waals surface area contributed by atoms with Gasteiger partial charge < -0.3 is 25.0 Å². The molecule has 2 amide bonds. The van der Waals surface area contributed by atoms with Gasteiger partial charge in [-0.1, -0.05) is 49.4 Å². The van der Waals surface area contributed by atoms with E-state index in [1.807, 2.05) is 43.0 Å². The molecule has 1 fully saturated rings. The fourth-order valence-electron chi connectivity index (χ4n) is 5.21. The Morgan fingerprint density at radius 1 is 1.19 bits per heavy atom. The first-order valence-electron chi connectivity index (χ1n) is 14.0. The molecule has 5 rings (SSSR count). The van der Waals surface area contributed by atoms with Gasteiger partial charge in [0.15, 0.2) is 0 Å². The quantitative estimate of drug-likeness (QED) is 0.259. The number of hydrogen-bond donors (Lipinski definition) is 3. The molecular weight excluding hydrogens is 568 g/mol. The van der Waals surface area contributed by atoms with Gasteiger partial charge in [0.05, 0.1) is 30.6 Å². The summed E-state index contributed by atoms with van der Waals surface area (Å²) in [4.78, 5) is 35.1. The average molecular weight is 601 g/mol. The zero-order valence-electron chi connectivity index (χ0n) is 24.4. The van der Waals surface area contributed by atoms with E-state index in [4.69, 9.17) is 16.3 Å². The summed E-state index contributed by atoms with van der Waals surface area (Å²) in [5, 5.41) is 18.0. The van der Waals surface area contributed by atoms with E-state index in [9.17, 15) is 14.7 Å². The lowest BCUT2D eigenvalue weighted by Crippen LogP contribution is -2.51. The third-order valence-electron chi connectivity index (χ3n) is 7.42. The highest BCUT2D eigenvalue weighted by molar-refractivity contribution is 6.31. The number of aryl methyl sites for hydroxylation is 1. The van der Waals surface area contributed by atoms with Crippen molar-refractivity contribution in [2.75, 3.05) is 13.7 Å². The molecule has 0 bridgehead atoms. The van der Waals surface area contributed by atoms with Crippen molar-refractivity contribution < 1.29 is 19.4 Å². The number of likely N-dealkylation sites (tertiary alicyclic amines) is 1. The second kappa shape index (κ2) is 12.6. The first-order valence-corrected chi connectivity index (χ1v) is 14.4. The van der Waals surface area contributed by atoms with Crippen LogP contribution < -0.4 is 5.32 Å². The number of H-pyrrole nitrogens is 1. The van der Waals surface area contributed by atoms with E-state index in [-0.39, 0.29) is 23.6 Å². The number of aromatic nitrogens is 4. The molecule has 1 aliphatic rings. The SMILES string of the molecule is COC(=O)N[C@H](C(=O)N1CCC[C@H]1c1cnc(-c2ccc(C#Cc3cn(C)nc3-c3cc(Cl)ccc3O)cc2)[nH]1)C(C)C. The van der Waals surface area contributed by atoms with Crippen molar-refractivity contribution in [1.82, 2.24) is 30.0 Å². The number of nitrogens with zero attached hydrogens (tertiary/aromatic N) is 4. The van der Waals surface area contributed by atoms with Gasteiger partial charge in [-0.2, -0.15) is 5.10 Å². The zero-order chi connectivity index (χ0) is 30.7. The van der Waals surface area contributed by atoms with Crippen LogP contribution in [-0.4, -0.2) is 61.5 Å². The van der Waals surface area contributed by atoms with Crippen LogP contribution >= 0.6 is 11.6 Å². The Labute approximate surface area is 255 Å². The molecule has 11 heteroatoms. The number of alkyl carbamates (subject to hydrolysis) is 1. The lowest BCUT2D eigenvalue weighted by Gasteiger charge is -2.30. The van der Waals surface area contributed by atoms with Gasteiger partial charge in [0.25, 0.3) is 0 Å². The molecule has 10 nitrogen and oxygen atoms in total. The van der Waals surface area contributed by atoms with Gasteiger partial charge in [-0.3, -0.25) is 9.48 Å². The fourth-order valence-corrected chi connectivity index (χ4v) is 5.38. The number of rotatable bonds is 6. The molecule has 2 atom stereocenters. The number of phenolic OH excluding ortho intramolecular Hbond substituents is 1. The Kier molecular flexibility index (Phi) is 8.73. The normalized spacial score (nSPS) is 15.2. The van der Waals surface area contributed by atoms with E-state index >= 15 is 0 Å². The molecule has 0 radical (unpaired) electrons. The van der Waals surface area contributed by atoms with Crippen LogP contribution in [-0.2, 0) is 16.6 Å². The largest absolute Gasteiger partial charge is 0.507 e. The molecule has 1 aliphatic heterocycles. The number of amides is 2. The van der Waals surface area contributed by atoms with Crippen molar-refractivity contribution in [3.05, 3.63) is 76.7 Å². The Morgan fingerprint density at radius 2 is 1.95 bits per heavy atom. The van der Waals surface area contributed by atoms with Crippen LogP contribution in [0.5, 0.6) is 5.75 Å². The standard InChI is InChI=1S/C32H33ClN6O4/c1-19(2)28(36-32(42)43-4)31(41)39-15-5-6-26(39)25-17-34-30(35-25)21-10-7-20(8-11-21)9-12-22-18-38(3)37-29(22)24-16-23(33)13-14-27(24)40/h7-8,10-11,13-14,16-19,26,28,40H,5-6,15H2,1-4H3,(H,34,35)(H,36,42)/t26-,28-/m0/s1. The summed E-state index contributed by atoms with van der Waals surface area (Å²) < 4.78 is 6.37. The van der Waals surface area contributed by atoms with Crippen molar-refractivity contribution in [3.8, 4) is 40.2 Å². The zero-order valence-corrected chi connectivity index (χ0v) is 25.1. The molecule has 3 heterocycles. The lowest BCUT2D eigenvalue weighted by atomic mass is 10.0. The monoisotopic (exact) mass is 600 g/mol. The molecule has 0 saturated carbocycles. The van der Waals surface area contributed by atoms with Crippen LogP contribution in [0, 0.1) is 17.8 Å². The predicted molar refractivity (Wildman–Crippen MR) is 163 cm³/mol. The fraction of sp³-hybridized carbons (Fsp3) is 0.312. The highest BCUT2D eigenvalue weighted by Crippen LogP contribution is 2.34. The third-order valence-corrected chi connectivity index (χ3v) is 7.66. The summed E-state index contributed by atoms with van der Waals surface area (Å²) in [6, 6.07) is 11.7. The molecule has 1 saturated heterocycles. The van der Waals surface area contributed by atoms with Crippen LogP contribution in [0.3, 0.4) is 0 Å². The second-order valence-corrected chi connectivity index (χ2v) is 11.2. The van der Waals surface area contributed by atoms with Gasteiger partial charge in [0.1, 0.15) is 23.3 Å². The number of nitrogens with one attached hydrogen (secondary N) is 2. The number of aromatic amines is 1. The van der Waals surface area contributed by atoms with Crippen molar-refractivity contribution in [2.45, 2.75) is 38.8 Å². The van der Waals surface area contributed by atoms with Gasteiger partial charge in [-0.05, 0) is 49.1 Å².